The lowest BCUT2D eigenvalue weighted by Crippen LogP contribution is -2.38. The molecule has 3 rings (SSSR count). The molecule has 1 aromatic carbocycles. The van der Waals surface area contributed by atoms with Crippen LogP contribution in [0.25, 0.3) is 10.9 Å². The third-order valence-electron chi connectivity index (χ3n) is 3.92. The molecule has 1 aliphatic rings. The van der Waals surface area contributed by atoms with Crippen LogP contribution >= 0.6 is 0 Å². The van der Waals surface area contributed by atoms with Crippen LogP contribution in [0.4, 0.5) is 0 Å². The van der Waals surface area contributed by atoms with Gasteiger partial charge in [-0.2, -0.15) is 0 Å². The van der Waals surface area contributed by atoms with Gasteiger partial charge in [0.1, 0.15) is 0 Å². The number of rotatable bonds is 1. The highest BCUT2D eigenvalue weighted by atomic mass is 14.9. The molecule has 2 nitrogen and oxygen atoms in total. The van der Waals surface area contributed by atoms with Crippen LogP contribution in [0.2, 0.25) is 0 Å². The molecule has 0 amide bonds. The molecule has 0 aliphatic carbocycles. The molecule has 1 aliphatic heterocycles. The van der Waals surface area contributed by atoms with Crippen molar-refractivity contribution in [1.29, 1.82) is 0 Å². The van der Waals surface area contributed by atoms with Gasteiger partial charge in [0.05, 0.1) is 0 Å². The van der Waals surface area contributed by atoms with Gasteiger partial charge in [0.15, 0.2) is 0 Å². The van der Waals surface area contributed by atoms with Crippen LogP contribution in [0.5, 0.6) is 0 Å². The molecule has 2 aromatic rings. The quantitative estimate of drug-likeness (QED) is 0.771. The van der Waals surface area contributed by atoms with E-state index < -0.39 is 0 Å². The Kier molecular flexibility index (Phi) is 2.30. The summed E-state index contributed by atoms with van der Waals surface area (Å²) >= 11 is 0. The van der Waals surface area contributed by atoms with Crippen LogP contribution in [0.3, 0.4) is 0 Å². The number of H-pyrrole nitrogens is 1. The molecule has 0 atom stereocenters. The molecule has 0 unspecified atom stereocenters. The maximum Gasteiger partial charge on any atom is 0.0459 e. The van der Waals surface area contributed by atoms with Crippen LogP contribution in [0.15, 0.2) is 18.2 Å². The van der Waals surface area contributed by atoms with Crippen molar-refractivity contribution in [3.05, 3.63) is 35.0 Å². The predicted octanol–water partition coefficient (Wildman–Crippen LogP) is 3.11. The Hall–Kier alpha value is -1.28. The van der Waals surface area contributed by atoms with Crippen LogP contribution in [0.1, 0.15) is 37.6 Å². The second-order valence-corrected chi connectivity index (χ2v) is 5.70. The number of aromatic nitrogens is 1. The minimum atomic E-state index is 0.207. The summed E-state index contributed by atoms with van der Waals surface area (Å²) in [5, 5.41) is 4.93. The summed E-state index contributed by atoms with van der Waals surface area (Å²) in [6, 6.07) is 6.79. The number of aryl methyl sites for hydroxylation is 1. The van der Waals surface area contributed by atoms with Gasteiger partial charge >= 0.3 is 0 Å². The molecule has 0 bridgehead atoms. The average molecular weight is 228 g/mol. The second kappa shape index (κ2) is 3.61. The van der Waals surface area contributed by atoms with E-state index >= 15 is 0 Å². The highest BCUT2D eigenvalue weighted by molar-refractivity contribution is 5.86. The van der Waals surface area contributed by atoms with Crippen LogP contribution in [0, 0.1) is 0 Å². The lowest BCUT2D eigenvalue weighted by Gasteiger charge is -2.30. The normalized spacial score (nSPS) is 18.3. The first-order chi connectivity index (χ1) is 8.12. The van der Waals surface area contributed by atoms with Gasteiger partial charge in [-0.15, -0.1) is 0 Å². The molecule has 2 N–H and O–H groups in total. The third-order valence-corrected chi connectivity index (χ3v) is 3.92. The van der Waals surface area contributed by atoms with Crippen molar-refractivity contribution in [1.82, 2.24) is 10.3 Å². The summed E-state index contributed by atoms with van der Waals surface area (Å²) in [5.74, 6) is 0. The Labute approximate surface area is 102 Å². The van der Waals surface area contributed by atoms with E-state index in [0.717, 1.165) is 19.5 Å². The van der Waals surface area contributed by atoms with E-state index in [1.54, 1.807) is 0 Å². The molecule has 17 heavy (non-hydrogen) atoms. The zero-order chi connectivity index (χ0) is 12.0. The minimum Gasteiger partial charge on any atom is -0.358 e. The van der Waals surface area contributed by atoms with Crippen molar-refractivity contribution in [2.45, 2.75) is 39.2 Å². The fraction of sp³-hybridized carbons (Fsp3) is 0.467. The van der Waals surface area contributed by atoms with E-state index in [-0.39, 0.29) is 5.41 Å². The molecule has 0 spiro atoms. The molecule has 2 heteroatoms. The summed E-state index contributed by atoms with van der Waals surface area (Å²) in [6.45, 7) is 8.85. The van der Waals surface area contributed by atoms with Gasteiger partial charge in [0, 0.05) is 35.1 Å². The molecule has 2 heterocycles. The summed E-state index contributed by atoms with van der Waals surface area (Å²) in [4.78, 5) is 3.62. The van der Waals surface area contributed by atoms with Crippen molar-refractivity contribution < 1.29 is 0 Å². The third kappa shape index (κ3) is 1.59. The molecular weight excluding hydrogens is 208 g/mol. The standard InChI is InChI=1S/C15H20N2/c1-4-10-5-6-13-11(7-10)12-8-16-9-15(2,3)14(12)17-13/h5-7,16-17H,4,8-9H2,1-3H3. The lowest BCUT2D eigenvalue weighted by atomic mass is 9.83. The molecule has 90 valence electrons. The first-order valence-electron chi connectivity index (χ1n) is 6.46. The Balaban J connectivity index is 2.27. The highest BCUT2D eigenvalue weighted by Crippen LogP contribution is 2.34. The molecular formula is C15H20N2. The van der Waals surface area contributed by atoms with Crippen molar-refractivity contribution in [3.8, 4) is 0 Å². The Morgan fingerprint density at radius 2 is 2.12 bits per heavy atom. The van der Waals surface area contributed by atoms with Gasteiger partial charge in [-0.05, 0) is 29.7 Å². The first kappa shape index (κ1) is 10.8. The topological polar surface area (TPSA) is 27.8 Å². The zero-order valence-corrected chi connectivity index (χ0v) is 10.9. The largest absolute Gasteiger partial charge is 0.358 e. The molecule has 1 aromatic heterocycles. The van der Waals surface area contributed by atoms with Gasteiger partial charge in [-0.1, -0.05) is 26.8 Å². The first-order valence-corrected chi connectivity index (χ1v) is 6.46. The molecule has 0 fully saturated rings. The van der Waals surface area contributed by atoms with Gasteiger partial charge < -0.3 is 10.3 Å². The summed E-state index contributed by atoms with van der Waals surface area (Å²) in [7, 11) is 0. The monoisotopic (exact) mass is 228 g/mol. The van der Waals surface area contributed by atoms with Crippen LogP contribution in [-0.2, 0) is 18.4 Å². The number of fused-ring (bicyclic) bond motifs is 3. The number of benzene rings is 1. The Morgan fingerprint density at radius 1 is 1.29 bits per heavy atom. The molecule has 0 saturated heterocycles. The van der Waals surface area contributed by atoms with Crippen molar-refractivity contribution in [2.24, 2.45) is 0 Å². The average Bonchev–Trinajstić information content (AvgIpc) is 2.68. The number of hydrogen-bond donors (Lipinski definition) is 2. The fourth-order valence-electron chi connectivity index (χ4n) is 2.86. The van der Waals surface area contributed by atoms with Gasteiger partial charge in [0.2, 0.25) is 0 Å². The Morgan fingerprint density at radius 3 is 2.88 bits per heavy atom. The number of hydrogen-bond acceptors (Lipinski definition) is 1. The van der Waals surface area contributed by atoms with Crippen molar-refractivity contribution in [3.63, 3.8) is 0 Å². The highest BCUT2D eigenvalue weighted by Gasteiger charge is 2.30. The van der Waals surface area contributed by atoms with E-state index in [4.69, 9.17) is 0 Å². The predicted molar refractivity (Wildman–Crippen MR) is 72.4 cm³/mol. The summed E-state index contributed by atoms with van der Waals surface area (Å²) in [5.41, 5.74) is 5.79. The van der Waals surface area contributed by atoms with Crippen molar-refractivity contribution >= 4 is 10.9 Å². The van der Waals surface area contributed by atoms with Crippen LogP contribution in [-0.4, -0.2) is 11.5 Å². The van der Waals surface area contributed by atoms with E-state index in [9.17, 15) is 0 Å². The smallest absolute Gasteiger partial charge is 0.0459 e. The summed E-state index contributed by atoms with van der Waals surface area (Å²) < 4.78 is 0. The van der Waals surface area contributed by atoms with Gasteiger partial charge in [0.25, 0.3) is 0 Å². The lowest BCUT2D eigenvalue weighted by molar-refractivity contribution is 0.427. The van der Waals surface area contributed by atoms with Gasteiger partial charge in [-0.25, -0.2) is 0 Å². The maximum absolute atomic E-state index is 3.62. The van der Waals surface area contributed by atoms with E-state index in [2.05, 4.69) is 49.3 Å². The SMILES string of the molecule is CCc1ccc2[nH]c3c(c2c1)CNCC3(C)C. The number of aromatic amines is 1. The summed E-state index contributed by atoms with van der Waals surface area (Å²) in [6.07, 6.45) is 1.10. The Bertz CT molecular complexity index is 564. The molecule has 0 radical (unpaired) electrons. The molecule has 0 saturated carbocycles. The minimum absolute atomic E-state index is 0.207. The maximum atomic E-state index is 3.62. The fourth-order valence-corrected chi connectivity index (χ4v) is 2.86. The number of nitrogens with one attached hydrogen (secondary N) is 2. The van der Waals surface area contributed by atoms with Gasteiger partial charge in [-0.3, -0.25) is 0 Å². The van der Waals surface area contributed by atoms with E-state index in [0.29, 0.717) is 0 Å². The van der Waals surface area contributed by atoms with E-state index in [1.165, 1.54) is 27.7 Å². The second-order valence-electron chi connectivity index (χ2n) is 5.70. The van der Waals surface area contributed by atoms with E-state index in [1.807, 2.05) is 0 Å². The zero-order valence-electron chi connectivity index (χ0n) is 10.9. The van der Waals surface area contributed by atoms with Crippen molar-refractivity contribution in [2.75, 3.05) is 6.54 Å². The van der Waals surface area contributed by atoms with Crippen LogP contribution < -0.4 is 5.32 Å².